The molecule has 1 saturated heterocycles. The van der Waals surface area contributed by atoms with E-state index in [2.05, 4.69) is 19.9 Å². The molecule has 0 aromatic carbocycles. The highest BCUT2D eigenvalue weighted by Crippen LogP contribution is 2.31. The molecule has 1 fully saturated rings. The number of fused-ring (bicyclic) bond motifs is 1. The van der Waals surface area contributed by atoms with Gasteiger partial charge in [0.2, 0.25) is 0 Å². The first-order valence-corrected chi connectivity index (χ1v) is 9.85. The van der Waals surface area contributed by atoms with Crippen molar-refractivity contribution in [1.29, 1.82) is 0 Å². The van der Waals surface area contributed by atoms with Crippen LogP contribution in [-0.4, -0.2) is 37.7 Å². The first kappa shape index (κ1) is 20.3. The van der Waals surface area contributed by atoms with E-state index < -0.39 is 11.7 Å². The summed E-state index contributed by atoms with van der Waals surface area (Å²) in [6.45, 7) is 0.980. The molecule has 0 saturated carbocycles. The molecule has 4 aromatic rings. The monoisotopic (exact) mass is 439 g/mol. The summed E-state index contributed by atoms with van der Waals surface area (Å²) >= 11 is 0. The van der Waals surface area contributed by atoms with Crippen LogP contribution in [0.1, 0.15) is 18.0 Å². The lowest BCUT2D eigenvalue weighted by Crippen LogP contribution is -2.25. The van der Waals surface area contributed by atoms with Crippen molar-refractivity contribution in [2.24, 2.45) is 0 Å². The smallest absolute Gasteiger partial charge is 0.379 e. The van der Waals surface area contributed by atoms with Gasteiger partial charge in [-0.1, -0.05) is 0 Å². The summed E-state index contributed by atoms with van der Waals surface area (Å²) in [4.78, 5) is 30.4. The minimum atomic E-state index is -4.50. The van der Waals surface area contributed by atoms with Crippen LogP contribution in [0.25, 0.3) is 33.5 Å². The van der Waals surface area contributed by atoms with E-state index in [1.807, 2.05) is 0 Å². The van der Waals surface area contributed by atoms with Gasteiger partial charge in [-0.2, -0.15) is 13.2 Å². The number of alkyl halides is 3. The van der Waals surface area contributed by atoms with Crippen molar-refractivity contribution in [3.05, 3.63) is 71.2 Å². The fraction of sp³-hybridized carbons (Fsp3) is 0.227. The zero-order valence-corrected chi connectivity index (χ0v) is 16.6. The maximum Gasteiger partial charge on any atom is 0.417 e. The van der Waals surface area contributed by atoms with Gasteiger partial charge < -0.3 is 4.74 Å². The molecule has 1 aliphatic heterocycles. The molecule has 0 unspecified atom stereocenters. The van der Waals surface area contributed by atoms with Gasteiger partial charge in [-0.25, -0.2) is 9.97 Å². The SMILES string of the molecule is O=c1c2cc(-c3ccc(C(F)(F)F)cn3)nc(-c3cccnc3)c2ncn1[C@H]1CCOC1. The number of ether oxygens (including phenoxy) is 1. The zero-order chi connectivity index (χ0) is 22.3. The Hall–Kier alpha value is -3.66. The largest absolute Gasteiger partial charge is 0.417 e. The molecule has 0 radical (unpaired) electrons. The van der Waals surface area contributed by atoms with Crippen molar-refractivity contribution in [3.8, 4) is 22.6 Å². The van der Waals surface area contributed by atoms with Crippen molar-refractivity contribution < 1.29 is 17.9 Å². The molecule has 1 atom stereocenters. The Kier molecular flexibility index (Phi) is 4.93. The number of halogens is 3. The van der Waals surface area contributed by atoms with E-state index in [4.69, 9.17) is 4.74 Å². The van der Waals surface area contributed by atoms with Gasteiger partial charge in [0.15, 0.2) is 0 Å². The minimum Gasteiger partial charge on any atom is -0.379 e. The van der Waals surface area contributed by atoms with Gasteiger partial charge in [-0.05, 0) is 36.8 Å². The lowest BCUT2D eigenvalue weighted by Gasteiger charge is -2.14. The molecule has 5 heterocycles. The van der Waals surface area contributed by atoms with Gasteiger partial charge in [0.25, 0.3) is 5.56 Å². The third-order valence-electron chi connectivity index (χ3n) is 5.36. The highest BCUT2D eigenvalue weighted by molar-refractivity contribution is 5.93. The Morgan fingerprint density at radius 2 is 1.97 bits per heavy atom. The summed E-state index contributed by atoms with van der Waals surface area (Å²) in [5, 5.41) is 0.296. The van der Waals surface area contributed by atoms with E-state index in [0.29, 0.717) is 41.8 Å². The molecule has 0 amide bonds. The average molecular weight is 439 g/mol. The van der Waals surface area contributed by atoms with Crippen molar-refractivity contribution >= 4 is 10.9 Å². The van der Waals surface area contributed by atoms with E-state index >= 15 is 0 Å². The second-order valence-electron chi connectivity index (χ2n) is 7.40. The minimum absolute atomic E-state index is 0.123. The van der Waals surface area contributed by atoms with Crippen molar-refractivity contribution in [2.75, 3.05) is 13.2 Å². The molecule has 162 valence electrons. The number of aromatic nitrogens is 5. The van der Waals surface area contributed by atoms with Crippen LogP contribution in [0.5, 0.6) is 0 Å². The molecular formula is C22H16F3N5O2. The molecule has 1 aliphatic rings. The number of pyridine rings is 3. The summed E-state index contributed by atoms with van der Waals surface area (Å²) < 4.78 is 45.7. The number of hydrogen-bond acceptors (Lipinski definition) is 6. The van der Waals surface area contributed by atoms with E-state index in [0.717, 1.165) is 12.3 Å². The first-order valence-electron chi connectivity index (χ1n) is 9.85. The molecule has 0 N–H and O–H groups in total. The van der Waals surface area contributed by atoms with Gasteiger partial charge in [0, 0.05) is 30.8 Å². The van der Waals surface area contributed by atoms with Crippen LogP contribution in [0.2, 0.25) is 0 Å². The Balaban J connectivity index is 1.72. The van der Waals surface area contributed by atoms with Crippen LogP contribution >= 0.6 is 0 Å². The molecule has 0 spiro atoms. The highest BCUT2D eigenvalue weighted by Gasteiger charge is 2.31. The third kappa shape index (κ3) is 3.62. The molecule has 0 aliphatic carbocycles. The highest BCUT2D eigenvalue weighted by atomic mass is 19.4. The van der Waals surface area contributed by atoms with Crippen LogP contribution in [0.15, 0.2) is 60.0 Å². The normalized spacial score (nSPS) is 16.5. The predicted molar refractivity (Wildman–Crippen MR) is 110 cm³/mol. The Morgan fingerprint density at radius 1 is 1.09 bits per heavy atom. The van der Waals surface area contributed by atoms with Crippen LogP contribution in [0.4, 0.5) is 13.2 Å². The summed E-state index contributed by atoms with van der Waals surface area (Å²) in [6, 6.07) is 7.08. The quantitative estimate of drug-likeness (QED) is 0.482. The van der Waals surface area contributed by atoms with Gasteiger partial charge in [0.05, 0.1) is 47.0 Å². The van der Waals surface area contributed by atoms with E-state index in [1.54, 1.807) is 24.5 Å². The number of nitrogens with zero attached hydrogens (tertiary/aromatic N) is 5. The van der Waals surface area contributed by atoms with Gasteiger partial charge >= 0.3 is 6.18 Å². The zero-order valence-electron chi connectivity index (χ0n) is 16.6. The van der Waals surface area contributed by atoms with Gasteiger partial charge in [-0.3, -0.25) is 19.3 Å². The van der Waals surface area contributed by atoms with E-state index in [-0.39, 0.29) is 23.0 Å². The second-order valence-corrected chi connectivity index (χ2v) is 7.40. The lowest BCUT2D eigenvalue weighted by atomic mass is 10.1. The third-order valence-corrected chi connectivity index (χ3v) is 5.36. The standard InChI is InChI=1S/C22H16F3N5O2/c23-22(24,25)14-3-4-17(27-10-14)18-8-16-20(19(29-18)13-2-1-6-26-9-13)28-12-30(21(16)31)15-5-7-32-11-15/h1-4,6,8-10,12,15H,5,7,11H2/t15-/m0/s1. The summed E-state index contributed by atoms with van der Waals surface area (Å²) in [7, 11) is 0. The van der Waals surface area contributed by atoms with E-state index in [9.17, 15) is 18.0 Å². The molecule has 0 bridgehead atoms. The Morgan fingerprint density at radius 3 is 2.62 bits per heavy atom. The van der Waals surface area contributed by atoms with Crippen molar-refractivity contribution in [3.63, 3.8) is 0 Å². The maximum absolute atomic E-state index is 13.3. The number of hydrogen-bond donors (Lipinski definition) is 0. The van der Waals surface area contributed by atoms with Crippen molar-refractivity contribution in [1.82, 2.24) is 24.5 Å². The molecule has 10 heteroatoms. The fourth-order valence-corrected chi connectivity index (χ4v) is 3.69. The lowest BCUT2D eigenvalue weighted by molar-refractivity contribution is -0.137. The maximum atomic E-state index is 13.3. The van der Waals surface area contributed by atoms with Crippen LogP contribution < -0.4 is 5.56 Å². The van der Waals surface area contributed by atoms with Crippen LogP contribution in [0, 0.1) is 0 Å². The van der Waals surface area contributed by atoms with Crippen LogP contribution in [0.3, 0.4) is 0 Å². The van der Waals surface area contributed by atoms with Gasteiger partial charge in [0.1, 0.15) is 5.52 Å². The number of rotatable bonds is 3. The van der Waals surface area contributed by atoms with E-state index in [1.165, 1.54) is 23.0 Å². The molecule has 7 nitrogen and oxygen atoms in total. The molecular weight excluding hydrogens is 423 g/mol. The Bertz CT molecular complexity index is 1330. The molecule has 5 rings (SSSR count). The fourth-order valence-electron chi connectivity index (χ4n) is 3.69. The average Bonchev–Trinajstić information content (AvgIpc) is 3.34. The van der Waals surface area contributed by atoms with Crippen LogP contribution in [-0.2, 0) is 10.9 Å². The molecule has 4 aromatic heterocycles. The Labute approximate surface area is 179 Å². The first-order chi connectivity index (χ1) is 15.4. The predicted octanol–water partition coefficient (Wildman–Crippen LogP) is 3.90. The molecule has 32 heavy (non-hydrogen) atoms. The summed E-state index contributed by atoms with van der Waals surface area (Å²) in [6.07, 6.45) is 1.63. The summed E-state index contributed by atoms with van der Waals surface area (Å²) in [5.74, 6) is 0. The topological polar surface area (TPSA) is 82.8 Å². The van der Waals surface area contributed by atoms with Crippen molar-refractivity contribution in [2.45, 2.75) is 18.6 Å². The summed E-state index contributed by atoms with van der Waals surface area (Å²) in [5.41, 5.74) is 0.757. The van der Waals surface area contributed by atoms with Gasteiger partial charge in [-0.15, -0.1) is 0 Å². The second kappa shape index (κ2) is 7.79.